The Bertz CT molecular complexity index is 1480. The largest absolute Gasteiger partial charge is 0.497 e. The molecular weight excluding hydrogens is 458 g/mol. The van der Waals surface area contributed by atoms with E-state index >= 15 is 0 Å². The van der Waals surface area contributed by atoms with E-state index in [9.17, 15) is 8.42 Å². The zero-order valence-electron chi connectivity index (χ0n) is 21.4. The molecule has 0 unspecified atom stereocenters. The number of sulfonamides is 1. The van der Waals surface area contributed by atoms with Gasteiger partial charge in [0.25, 0.3) is 10.0 Å². The molecule has 35 heavy (non-hydrogen) atoms. The molecule has 1 aromatic heterocycles. The Morgan fingerprint density at radius 2 is 1.26 bits per heavy atom. The van der Waals surface area contributed by atoms with Crippen molar-refractivity contribution in [3.8, 4) is 5.75 Å². The molecule has 0 saturated carbocycles. The van der Waals surface area contributed by atoms with Gasteiger partial charge in [-0.1, -0.05) is 53.7 Å². The van der Waals surface area contributed by atoms with E-state index in [0.29, 0.717) is 38.8 Å². The molecule has 3 aromatic carbocycles. The molecule has 0 saturated heterocycles. The summed E-state index contributed by atoms with van der Waals surface area (Å²) >= 11 is 0. The highest BCUT2D eigenvalue weighted by molar-refractivity contribution is 7.92. The number of nitrogens with one attached hydrogen (secondary N) is 1. The fourth-order valence-corrected chi connectivity index (χ4v) is 6.00. The number of ether oxygens (including phenoxy) is 1. The molecule has 0 aliphatic heterocycles. The lowest BCUT2D eigenvalue weighted by molar-refractivity contribution is 0.415. The molecule has 1 N–H and O–H groups in total. The minimum atomic E-state index is -3.85. The lowest BCUT2D eigenvalue weighted by Crippen LogP contribution is -2.19. The maximum Gasteiger partial charge on any atom is 0.262 e. The van der Waals surface area contributed by atoms with Gasteiger partial charge in [0, 0.05) is 6.07 Å². The summed E-state index contributed by atoms with van der Waals surface area (Å²) in [6.07, 6.45) is 0. The average Bonchev–Trinajstić information content (AvgIpc) is 2.81. The SMILES string of the molecule is COc1ccc2nc3ccc(NS(=O)(=O)c4c(C(C)C)cc(C(C)C)cc4C(C)C)cc3nc2c1. The van der Waals surface area contributed by atoms with Crippen LogP contribution in [0.3, 0.4) is 0 Å². The van der Waals surface area contributed by atoms with Crippen molar-refractivity contribution in [1.29, 1.82) is 0 Å². The minimum Gasteiger partial charge on any atom is -0.497 e. The summed E-state index contributed by atoms with van der Waals surface area (Å²) in [6.45, 7) is 12.4. The van der Waals surface area contributed by atoms with E-state index < -0.39 is 10.0 Å². The van der Waals surface area contributed by atoms with Crippen LogP contribution in [0.25, 0.3) is 22.1 Å². The van der Waals surface area contributed by atoms with Crippen LogP contribution in [0.1, 0.15) is 76.0 Å². The second-order valence-corrected chi connectivity index (χ2v) is 11.5. The van der Waals surface area contributed by atoms with E-state index in [4.69, 9.17) is 9.72 Å². The van der Waals surface area contributed by atoms with Gasteiger partial charge >= 0.3 is 0 Å². The first-order chi connectivity index (χ1) is 16.5. The lowest BCUT2D eigenvalue weighted by atomic mass is 9.89. The Morgan fingerprint density at radius 1 is 0.714 bits per heavy atom. The minimum absolute atomic E-state index is 0.0570. The molecule has 0 radical (unpaired) electrons. The summed E-state index contributed by atoms with van der Waals surface area (Å²) in [4.78, 5) is 9.73. The molecule has 0 aliphatic rings. The Kier molecular flexibility index (Phi) is 6.73. The summed E-state index contributed by atoms with van der Waals surface area (Å²) in [5.41, 5.74) is 6.01. The molecule has 0 fully saturated rings. The van der Waals surface area contributed by atoms with Gasteiger partial charge in [0.15, 0.2) is 0 Å². The number of aromatic nitrogens is 2. The Hall–Kier alpha value is -3.19. The van der Waals surface area contributed by atoms with E-state index in [1.807, 2.05) is 58.0 Å². The third kappa shape index (κ3) is 4.96. The van der Waals surface area contributed by atoms with Gasteiger partial charge in [-0.3, -0.25) is 4.72 Å². The molecule has 1 heterocycles. The van der Waals surface area contributed by atoms with E-state index in [2.05, 4.69) is 23.6 Å². The summed E-state index contributed by atoms with van der Waals surface area (Å²) in [5.74, 6) is 1.11. The van der Waals surface area contributed by atoms with Crippen LogP contribution in [0, 0.1) is 0 Å². The standard InChI is InChI=1S/C28H33N3O3S/c1-16(2)19-12-22(17(3)4)28(23(13-19)18(5)6)35(32,33)31-20-8-10-24-26(14-20)30-27-15-21(34-7)9-11-25(27)29-24/h8-18,31H,1-7H3. The van der Waals surface area contributed by atoms with E-state index in [0.717, 1.165) is 22.2 Å². The van der Waals surface area contributed by atoms with Gasteiger partial charge in [-0.25, -0.2) is 18.4 Å². The number of hydrogen-bond acceptors (Lipinski definition) is 5. The Morgan fingerprint density at radius 3 is 1.80 bits per heavy atom. The molecule has 0 bridgehead atoms. The summed E-state index contributed by atoms with van der Waals surface area (Å²) < 4.78 is 35.7. The second kappa shape index (κ2) is 9.46. The number of rotatable bonds is 7. The highest BCUT2D eigenvalue weighted by atomic mass is 32.2. The van der Waals surface area contributed by atoms with Crippen LogP contribution in [0.4, 0.5) is 5.69 Å². The van der Waals surface area contributed by atoms with Crippen molar-refractivity contribution in [2.45, 2.75) is 64.2 Å². The number of anilines is 1. The van der Waals surface area contributed by atoms with Crippen LogP contribution in [-0.4, -0.2) is 25.5 Å². The highest BCUT2D eigenvalue weighted by Crippen LogP contribution is 2.36. The maximum atomic E-state index is 13.8. The smallest absolute Gasteiger partial charge is 0.262 e. The number of nitrogens with zero attached hydrogens (tertiary/aromatic N) is 2. The molecule has 4 aromatic rings. The zero-order valence-corrected chi connectivity index (χ0v) is 22.2. The molecule has 4 rings (SSSR count). The first-order valence-electron chi connectivity index (χ1n) is 12.0. The van der Waals surface area contributed by atoms with Crippen LogP contribution in [0.2, 0.25) is 0 Å². The van der Waals surface area contributed by atoms with Gasteiger partial charge in [0.05, 0.1) is 39.8 Å². The Balaban J connectivity index is 1.82. The highest BCUT2D eigenvalue weighted by Gasteiger charge is 2.27. The predicted octanol–water partition coefficient (Wildman–Crippen LogP) is 6.96. The van der Waals surface area contributed by atoms with E-state index in [1.165, 1.54) is 0 Å². The van der Waals surface area contributed by atoms with Crippen molar-refractivity contribution in [2.75, 3.05) is 11.8 Å². The monoisotopic (exact) mass is 491 g/mol. The third-order valence-electron chi connectivity index (χ3n) is 6.24. The van der Waals surface area contributed by atoms with E-state index in [-0.39, 0.29) is 11.8 Å². The first kappa shape index (κ1) is 24.9. The van der Waals surface area contributed by atoms with Gasteiger partial charge < -0.3 is 4.74 Å². The molecule has 0 aliphatic carbocycles. The molecule has 6 nitrogen and oxygen atoms in total. The summed E-state index contributed by atoms with van der Waals surface area (Å²) in [7, 11) is -2.24. The summed E-state index contributed by atoms with van der Waals surface area (Å²) in [5, 5.41) is 0. The zero-order chi connectivity index (χ0) is 25.5. The average molecular weight is 492 g/mol. The van der Waals surface area contributed by atoms with Crippen molar-refractivity contribution >= 4 is 37.8 Å². The quantitative estimate of drug-likeness (QED) is 0.283. The number of fused-ring (bicyclic) bond motifs is 2. The lowest BCUT2D eigenvalue weighted by Gasteiger charge is -2.23. The van der Waals surface area contributed by atoms with Crippen LogP contribution in [0.5, 0.6) is 5.75 Å². The van der Waals surface area contributed by atoms with Gasteiger partial charge in [-0.15, -0.1) is 0 Å². The van der Waals surface area contributed by atoms with Gasteiger partial charge in [0.1, 0.15) is 5.75 Å². The van der Waals surface area contributed by atoms with Crippen LogP contribution in [0.15, 0.2) is 53.4 Å². The third-order valence-corrected chi connectivity index (χ3v) is 7.75. The molecule has 184 valence electrons. The number of hydrogen-bond donors (Lipinski definition) is 1. The molecule has 7 heteroatoms. The second-order valence-electron chi connectivity index (χ2n) is 9.88. The van der Waals surface area contributed by atoms with Crippen LogP contribution < -0.4 is 9.46 Å². The topological polar surface area (TPSA) is 81.2 Å². The van der Waals surface area contributed by atoms with Crippen molar-refractivity contribution in [3.05, 3.63) is 65.2 Å². The molecule has 0 amide bonds. The molecule has 0 atom stereocenters. The van der Waals surface area contributed by atoms with Crippen molar-refractivity contribution in [3.63, 3.8) is 0 Å². The molecular formula is C28H33N3O3S. The first-order valence-corrected chi connectivity index (χ1v) is 13.4. The van der Waals surface area contributed by atoms with Gasteiger partial charge in [-0.2, -0.15) is 0 Å². The van der Waals surface area contributed by atoms with Gasteiger partial charge in [0.2, 0.25) is 0 Å². The van der Waals surface area contributed by atoms with E-state index in [1.54, 1.807) is 25.3 Å². The van der Waals surface area contributed by atoms with Crippen molar-refractivity contribution in [2.24, 2.45) is 0 Å². The fourth-order valence-electron chi connectivity index (χ4n) is 4.25. The fraction of sp³-hybridized carbons (Fsp3) is 0.357. The maximum absolute atomic E-state index is 13.8. The predicted molar refractivity (Wildman–Crippen MR) is 143 cm³/mol. The van der Waals surface area contributed by atoms with Crippen molar-refractivity contribution < 1.29 is 13.2 Å². The number of benzene rings is 3. The summed E-state index contributed by atoms with van der Waals surface area (Å²) in [6, 6.07) is 14.9. The van der Waals surface area contributed by atoms with Crippen LogP contribution >= 0.6 is 0 Å². The molecule has 0 spiro atoms. The number of methoxy groups -OCH3 is 1. The Labute approximate surface area is 207 Å². The normalized spacial score (nSPS) is 12.3. The van der Waals surface area contributed by atoms with Gasteiger partial charge in [-0.05, 0) is 64.8 Å². The van der Waals surface area contributed by atoms with Crippen LogP contribution in [-0.2, 0) is 10.0 Å². The van der Waals surface area contributed by atoms with Crippen molar-refractivity contribution in [1.82, 2.24) is 9.97 Å².